The summed E-state index contributed by atoms with van der Waals surface area (Å²) in [6.45, 7) is 1.85. The molecule has 1 aliphatic rings. The zero-order valence-corrected chi connectivity index (χ0v) is 15.3. The summed E-state index contributed by atoms with van der Waals surface area (Å²) in [4.78, 5) is 29.0. The minimum atomic E-state index is -0.436. The normalized spacial score (nSPS) is 14.6. The van der Waals surface area contributed by atoms with Crippen molar-refractivity contribution in [1.82, 2.24) is 15.2 Å². The smallest absolute Gasteiger partial charge is 0.273 e. The van der Waals surface area contributed by atoms with Gasteiger partial charge in [0.25, 0.3) is 11.6 Å². The Morgan fingerprint density at radius 1 is 1.32 bits per heavy atom. The Bertz CT molecular complexity index is 744. The first kappa shape index (κ1) is 19.3. The van der Waals surface area contributed by atoms with Crippen molar-refractivity contribution in [2.45, 2.75) is 18.9 Å². The molecule has 3 rings (SSSR count). The molecule has 1 amide bonds. The highest BCUT2D eigenvalue weighted by Crippen LogP contribution is 2.26. The number of aromatic nitrogens is 1. The predicted molar refractivity (Wildman–Crippen MR) is 99.4 cm³/mol. The molecular formula is C16H19ClN4O3S. The summed E-state index contributed by atoms with van der Waals surface area (Å²) >= 11 is 1.37. The van der Waals surface area contributed by atoms with Crippen LogP contribution in [-0.4, -0.2) is 46.9 Å². The quantitative estimate of drug-likeness (QED) is 0.648. The third-order valence-electron chi connectivity index (χ3n) is 4.23. The van der Waals surface area contributed by atoms with Gasteiger partial charge in [-0.3, -0.25) is 14.9 Å². The van der Waals surface area contributed by atoms with Crippen LogP contribution in [0.15, 0.2) is 29.6 Å². The molecule has 9 heteroatoms. The lowest BCUT2D eigenvalue weighted by atomic mass is 10.1. The van der Waals surface area contributed by atoms with Crippen molar-refractivity contribution >= 4 is 35.3 Å². The number of nitro groups is 1. The number of nitrogens with zero attached hydrogens (tertiary/aromatic N) is 3. The molecule has 1 saturated heterocycles. The van der Waals surface area contributed by atoms with Gasteiger partial charge in [0.05, 0.1) is 4.92 Å². The van der Waals surface area contributed by atoms with E-state index in [4.69, 9.17) is 0 Å². The van der Waals surface area contributed by atoms with Gasteiger partial charge in [0, 0.05) is 36.2 Å². The predicted octanol–water partition coefficient (Wildman–Crippen LogP) is 2.96. The standard InChI is InChI=1S/C16H18N4O3S.ClH/c1-19(12-6-8-17-9-7-12)16(21)14-10-24-15(18-14)11-2-4-13(5-3-11)20(22)23;/h2-5,10,12,17H,6-9H2,1H3;1H. The highest BCUT2D eigenvalue weighted by molar-refractivity contribution is 7.13. The van der Waals surface area contributed by atoms with E-state index >= 15 is 0 Å². The first-order valence-electron chi connectivity index (χ1n) is 7.74. The van der Waals surface area contributed by atoms with Crippen LogP contribution in [0.2, 0.25) is 0 Å². The van der Waals surface area contributed by atoms with Crippen LogP contribution in [0.5, 0.6) is 0 Å². The van der Waals surface area contributed by atoms with Crippen molar-refractivity contribution in [3.8, 4) is 10.6 Å². The molecule has 7 nitrogen and oxygen atoms in total. The summed E-state index contributed by atoms with van der Waals surface area (Å²) in [5, 5.41) is 16.4. The largest absolute Gasteiger partial charge is 0.337 e. The summed E-state index contributed by atoms with van der Waals surface area (Å²) in [5.41, 5.74) is 1.24. The molecule has 1 fully saturated rings. The van der Waals surface area contributed by atoms with Crippen LogP contribution in [0.1, 0.15) is 23.3 Å². The fourth-order valence-corrected chi connectivity index (χ4v) is 3.57. The van der Waals surface area contributed by atoms with Crippen molar-refractivity contribution in [2.24, 2.45) is 0 Å². The second-order valence-electron chi connectivity index (χ2n) is 5.74. The molecule has 2 aromatic rings. The second kappa shape index (κ2) is 8.37. The maximum atomic E-state index is 12.6. The molecule has 1 aromatic heterocycles. The molecule has 0 radical (unpaired) electrons. The van der Waals surface area contributed by atoms with E-state index in [9.17, 15) is 14.9 Å². The lowest BCUT2D eigenvalue weighted by molar-refractivity contribution is -0.384. The summed E-state index contributed by atoms with van der Waals surface area (Å²) in [6.07, 6.45) is 1.89. The van der Waals surface area contributed by atoms with Crippen LogP contribution >= 0.6 is 23.7 Å². The fraction of sp³-hybridized carbons (Fsp3) is 0.375. The first-order valence-corrected chi connectivity index (χ1v) is 8.62. The van der Waals surface area contributed by atoms with Crippen LogP contribution in [0.3, 0.4) is 0 Å². The third kappa shape index (κ3) is 4.33. The van der Waals surface area contributed by atoms with Crippen LogP contribution in [0.25, 0.3) is 10.6 Å². The summed E-state index contributed by atoms with van der Waals surface area (Å²) in [5.74, 6) is -0.0775. The number of thiazole rings is 1. The zero-order chi connectivity index (χ0) is 17.1. The molecule has 0 spiro atoms. The highest BCUT2D eigenvalue weighted by atomic mass is 35.5. The van der Waals surface area contributed by atoms with Crippen LogP contribution < -0.4 is 5.32 Å². The van der Waals surface area contributed by atoms with Gasteiger partial charge in [-0.15, -0.1) is 23.7 Å². The number of carbonyl (C=O) groups is 1. The average Bonchev–Trinajstić information content (AvgIpc) is 3.11. The van der Waals surface area contributed by atoms with E-state index in [1.54, 1.807) is 22.4 Å². The Balaban J connectivity index is 0.00000225. The van der Waals surface area contributed by atoms with Crippen molar-refractivity contribution in [2.75, 3.05) is 20.1 Å². The van der Waals surface area contributed by atoms with Gasteiger partial charge in [-0.05, 0) is 38.1 Å². The van der Waals surface area contributed by atoms with Gasteiger partial charge in [0.15, 0.2) is 0 Å². The molecule has 1 aromatic carbocycles. The SMILES string of the molecule is CN(C(=O)c1csc(-c2ccc([N+](=O)[O-])cc2)n1)C1CCNCC1.Cl. The van der Waals surface area contributed by atoms with Gasteiger partial charge in [-0.1, -0.05) is 0 Å². The minimum Gasteiger partial charge on any atom is -0.337 e. The molecule has 0 unspecified atom stereocenters. The molecule has 1 N–H and O–H groups in total. The Labute approximate surface area is 155 Å². The van der Waals surface area contributed by atoms with E-state index in [0.29, 0.717) is 10.7 Å². The lowest BCUT2D eigenvalue weighted by Crippen LogP contribution is -2.44. The average molecular weight is 383 g/mol. The lowest BCUT2D eigenvalue weighted by Gasteiger charge is -2.31. The fourth-order valence-electron chi connectivity index (χ4n) is 2.77. The molecule has 2 heterocycles. The van der Waals surface area contributed by atoms with Crippen LogP contribution in [-0.2, 0) is 0 Å². The number of non-ortho nitro benzene ring substituents is 1. The van der Waals surface area contributed by atoms with Crippen LogP contribution in [0.4, 0.5) is 5.69 Å². The number of nitrogens with one attached hydrogen (secondary N) is 1. The van der Waals surface area contributed by atoms with E-state index in [1.807, 2.05) is 7.05 Å². The van der Waals surface area contributed by atoms with Gasteiger partial charge >= 0.3 is 0 Å². The number of amides is 1. The second-order valence-corrected chi connectivity index (χ2v) is 6.60. The Kier molecular flexibility index (Phi) is 6.46. The maximum Gasteiger partial charge on any atom is 0.273 e. The molecule has 25 heavy (non-hydrogen) atoms. The molecule has 0 aliphatic carbocycles. The number of piperidine rings is 1. The first-order chi connectivity index (χ1) is 11.6. The number of carbonyl (C=O) groups excluding carboxylic acids is 1. The zero-order valence-electron chi connectivity index (χ0n) is 13.7. The van der Waals surface area contributed by atoms with Gasteiger partial charge in [-0.2, -0.15) is 0 Å². The Morgan fingerprint density at radius 3 is 2.56 bits per heavy atom. The van der Waals surface area contributed by atoms with Gasteiger partial charge in [0.1, 0.15) is 10.7 Å². The summed E-state index contributed by atoms with van der Waals surface area (Å²) in [7, 11) is 1.82. The van der Waals surface area contributed by atoms with Crippen molar-refractivity contribution in [3.05, 3.63) is 45.5 Å². The van der Waals surface area contributed by atoms with Gasteiger partial charge < -0.3 is 10.2 Å². The van der Waals surface area contributed by atoms with Crippen molar-refractivity contribution in [1.29, 1.82) is 0 Å². The van der Waals surface area contributed by atoms with E-state index < -0.39 is 4.92 Å². The summed E-state index contributed by atoms with van der Waals surface area (Å²) in [6, 6.07) is 6.44. The number of rotatable bonds is 4. The number of nitro benzene ring substituents is 1. The third-order valence-corrected chi connectivity index (χ3v) is 5.12. The number of benzene rings is 1. The number of hydrogen-bond acceptors (Lipinski definition) is 6. The van der Waals surface area contributed by atoms with E-state index in [0.717, 1.165) is 31.5 Å². The summed E-state index contributed by atoms with van der Waals surface area (Å²) < 4.78 is 0. The van der Waals surface area contributed by atoms with Crippen molar-refractivity contribution < 1.29 is 9.72 Å². The molecular weight excluding hydrogens is 364 g/mol. The highest BCUT2D eigenvalue weighted by Gasteiger charge is 2.24. The van der Waals surface area contributed by atoms with Crippen LogP contribution in [0, 0.1) is 10.1 Å². The molecule has 134 valence electrons. The van der Waals surface area contributed by atoms with Gasteiger partial charge in [-0.25, -0.2) is 4.98 Å². The molecule has 0 atom stereocenters. The molecule has 0 bridgehead atoms. The maximum absolute atomic E-state index is 12.6. The van der Waals surface area contributed by atoms with Crippen molar-refractivity contribution in [3.63, 3.8) is 0 Å². The Hall–Kier alpha value is -2.03. The number of hydrogen-bond donors (Lipinski definition) is 1. The molecule has 0 saturated carbocycles. The monoisotopic (exact) mass is 382 g/mol. The minimum absolute atomic E-state index is 0. The van der Waals surface area contributed by atoms with E-state index in [-0.39, 0.29) is 30.0 Å². The van der Waals surface area contributed by atoms with Gasteiger partial charge in [0.2, 0.25) is 0 Å². The topological polar surface area (TPSA) is 88.4 Å². The number of halogens is 1. The molecule has 1 aliphatic heterocycles. The Morgan fingerprint density at radius 2 is 1.96 bits per heavy atom. The van der Waals surface area contributed by atoms with E-state index in [2.05, 4.69) is 10.3 Å². The van der Waals surface area contributed by atoms with E-state index in [1.165, 1.54) is 23.5 Å².